The van der Waals surface area contributed by atoms with Crippen molar-refractivity contribution in [1.29, 1.82) is 0 Å². The molecule has 0 unspecified atom stereocenters. The molecule has 0 aliphatic carbocycles. The van der Waals surface area contributed by atoms with Crippen molar-refractivity contribution >= 4 is 34.5 Å². The van der Waals surface area contributed by atoms with Crippen molar-refractivity contribution in [3.63, 3.8) is 0 Å². The van der Waals surface area contributed by atoms with Crippen LogP contribution in [0.1, 0.15) is 27.2 Å². The van der Waals surface area contributed by atoms with Crippen LogP contribution in [0.5, 0.6) is 0 Å². The van der Waals surface area contributed by atoms with Crippen molar-refractivity contribution in [2.75, 3.05) is 19.3 Å². The maximum Gasteiger partial charge on any atom is 0.410 e. The monoisotopic (exact) mass is 277 g/mol. The largest absolute Gasteiger partial charge is 0.473 e. The molecule has 0 N–H and O–H groups in total. The summed E-state index contributed by atoms with van der Waals surface area (Å²) in [7, 11) is 0. The van der Waals surface area contributed by atoms with Crippen molar-refractivity contribution in [1.82, 2.24) is 4.90 Å². The van der Waals surface area contributed by atoms with Gasteiger partial charge in [-0.15, -0.1) is 0 Å². The molecule has 1 amide bonds. The summed E-state index contributed by atoms with van der Waals surface area (Å²) in [6.07, 6.45) is 2.41. The van der Waals surface area contributed by atoms with Crippen molar-refractivity contribution in [2.45, 2.75) is 38.9 Å². The Morgan fingerprint density at radius 1 is 1.47 bits per heavy atom. The predicted octanol–water partition coefficient (Wildman–Crippen LogP) is 2.66. The number of rotatable bonds is 1. The zero-order chi connectivity index (χ0) is 13.1. The zero-order valence-corrected chi connectivity index (χ0v) is 12.3. The van der Waals surface area contributed by atoms with Gasteiger partial charge in [-0.05, 0) is 39.2 Å². The molecule has 1 atom stereocenters. The van der Waals surface area contributed by atoms with Gasteiger partial charge in [-0.2, -0.15) is 0 Å². The fourth-order valence-electron chi connectivity index (χ4n) is 1.50. The molecule has 1 heterocycles. The average Bonchev–Trinajstić information content (AvgIpc) is 2.63. The summed E-state index contributed by atoms with van der Waals surface area (Å²) >= 11 is 6.40. The molecule has 1 aliphatic rings. The number of hydrogen-bond acceptors (Lipinski definition) is 5. The van der Waals surface area contributed by atoms with E-state index in [0.29, 0.717) is 17.5 Å². The van der Waals surface area contributed by atoms with Gasteiger partial charge in [0, 0.05) is 13.0 Å². The number of likely N-dealkylation sites (tertiary alicyclic amines) is 1. The molecular formula is C11H19NO3S2. The van der Waals surface area contributed by atoms with E-state index in [1.54, 1.807) is 4.90 Å². The lowest BCUT2D eigenvalue weighted by molar-refractivity contribution is 0.0275. The molecule has 1 fully saturated rings. The Morgan fingerprint density at radius 3 is 2.65 bits per heavy atom. The van der Waals surface area contributed by atoms with Crippen LogP contribution in [-0.2, 0) is 9.47 Å². The first-order valence-corrected chi connectivity index (χ1v) is 7.17. The summed E-state index contributed by atoms with van der Waals surface area (Å²) < 4.78 is 11.3. The second kappa shape index (κ2) is 5.91. The lowest BCUT2D eigenvalue weighted by atomic mass is 10.2. The highest BCUT2D eigenvalue weighted by Gasteiger charge is 2.31. The van der Waals surface area contributed by atoms with Gasteiger partial charge in [-0.3, -0.25) is 0 Å². The molecule has 0 radical (unpaired) electrons. The van der Waals surface area contributed by atoms with E-state index in [0.717, 1.165) is 6.42 Å². The van der Waals surface area contributed by atoms with Gasteiger partial charge in [0.1, 0.15) is 11.7 Å². The van der Waals surface area contributed by atoms with E-state index in [2.05, 4.69) is 0 Å². The van der Waals surface area contributed by atoms with Gasteiger partial charge in [0.2, 0.25) is 4.38 Å². The smallest absolute Gasteiger partial charge is 0.410 e. The van der Waals surface area contributed by atoms with Crippen LogP contribution in [0.3, 0.4) is 0 Å². The van der Waals surface area contributed by atoms with E-state index in [9.17, 15) is 4.79 Å². The van der Waals surface area contributed by atoms with E-state index in [1.807, 2.05) is 27.0 Å². The van der Waals surface area contributed by atoms with Gasteiger partial charge in [0.15, 0.2) is 0 Å². The van der Waals surface area contributed by atoms with Gasteiger partial charge in [-0.1, -0.05) is 11.8 Å². The molecule has 0 saturated carbocycles. The average molecular weight is 277 g/mol. The normalized spacial score (nSPS) is 20.2. The number of carbonyl (C=O) groups excluding carboxylic acids is 1. The van der Waals surface area contributed by atoms with Crippen LogP contribution in [-0.4, -0.2) is 46.4 Å². The molecule has 0 spiro atoms. The molecular weight excluding hydrogens is 258 g/mol. The lowest BCUT2D eigenvalue weighted by Gasteiger charge is -2.24. The number of thioether (sulfide) groups is 1. The van der Waals surface area contributed by atoms with Crippen LogP contribution in [0.15, 0.2) is 0 Å². The molecule has 1 aliphatic heterocycles. The third-order valence-corrected chi connectivity index (χ3v) is 3.25. The fourth-order valence-corrected chi connectivity index (χ4v) is 1.87. The molecule has 4 nitrogen and oxygen atoms in total. The van der Waals surface area contributed by atoms with E-state index in [-0.39, 0.29) is 12.2 Å². The third-order valence-electron chi connectivity index (χ3n) is 2.23. The molecule has 1 rings (SSSR count). The topological polar surface area (TPSA) is 38.8 Å². The molecule has 0 bridgehead atoms. The van der Waals surface area contributed by atoms with Crippen LogP contribution in [0.2, 0.25) is 0 Å². The Balaban J connectivity index is 2.39. The first kappa shape index (κ1) is 14.6. The van der Waals surface area contributed by atoms with Crippen LogP contribution < -0.4 is 0 Å². The Morgan fingerprint density at radius 2 is 2.12 bits per heavy atom. The van der Waals surface area contributed by atoms with Crippen LogP contribution in [0, 0.1) is 0 Å². The standard InChI is InChI=1S/C11H19NO3S2/c1-11(2,3)15-9(13)12-6-5-8(7-12)14-10(16)17-4/h8H,5-7H2,1-4H3/t8-/m1/s1. The maximum atomic E-state index is 11.8. The summed E-state index contributed by atoms with van der Waals surface area (Å²) in [4.78, 5) is 13.4. The summed E-state index contributed by atoms with van der Waals surface area (Å²) in [5.74, 6) is 0. The van der Waals surface area contributed by atoms with E-state index in [4.69, 9.17) is 21.7 Å². The highest BCUT2D eigenvalue weighted by Crippen LogP contribution is 2.18. The number of amides is 1. The minimum atomic E-state index is -0.454. The van der Waals surface area contributed by atoms with Crippen LogP contribution in [0.4, 0.5) is 4.79 Å². The van der Waals surface area contributed by atoms with Crippen molar-refractivity contribution < 1.29 is 14.3 Å². The third kappa shape index (κ3) is 5.12. The molecule has 6 heteroatoms. The Labute approximate surface area is 112 Å². The Kier molecular flexibility index (Phi) is 5.06. The lowest BCUT2D eigenvalue weighted by Crippen LogP contribution is -2.36. The van der Waals surface area contributed by atoms with E-state index in [1.165, 1.54) is 11.8 Å². The van der Waals surface area contributed by atoms with Gasteiger partial charge < -0.3 is 14.4 Å². The minimum absolute atomic E-state index is 0.00229. The number of hydrogen-bond donors (Lipinski definition) is 0. The fraction of sp³-hybridized carbons (Fsp3) is 0.818. The Bertz CT molecular complexity index is 302. The highest BCUT2D eigenvalue weighted by atomic mass is 32.2. The van der Waals surface area contributed by atoms with Gasteiger partial charge in [-0.25, -0.2) is 4.79 Å². The molecule has 0 aromatic heterocycles. The second-order valence-electron chi connectivity index (χ2n) is 4.91. The molecule has 0 aromatic carbocycles. The summed E-state index contributed by atoms with van der Waals surface area (Å²) in [5.41, 5.74) is -0.454. The summed E-state index contributed by atoms with van der Waals surface area (Å²) in [6, 6.07) is 0. The SMILES string of the molecule is CSC(=S)O[C@@H]1CCN(C(=O)OC(C)(C)C)C1. The molecule has 17 heavy (non-hydrogen) atoms. The zero-order valence-electron chi connectivity index (χ0n) is 10.7. The Hall–Kier alpha value is -0.490. The first-order valence-electron chi connectivity index (χ1n) is 5.54. The van der Waals surface area contributed by atoms with E-state index < -0.39 is 5.60 Å². The predicted molar refractivity (Wildman–Crippen MR) is 73.4 cm³/mol. The van der Waals surface area contributed by atoms with Gasteiger partial charge >= 0.3 is 6.09 Å². The first-order chi connectivity index (χ1) is 7.81. The van der Waals surface area contributed by atoms with Crippen LogP contribution >= 0.6 is 24.0 Å². The molecule has 98 valence electrons. The number of ether oxygens (including phenoxy) is 2. The highest BCUT2D eigenvalue weighted by molar-refractivity contribution is 8.22. The molecule has 1 saturated heterocycles. The van der Waals surface area contributed by atoms with Crippen molar-refractivity contribution in [3.05, 3.63) is 0 Å². The number of carbonyl (C=O) groups is 1. The second-order valence-corrected chi connectivity index (χ2v) is 6.32. The minimum Gasteiger partial charge on any atom is -0.473 e. The maximum absolute atomic E-state index is 11.8. The van der Waals surface area contributed by atoms with Crippen molar-refractivity contribution in [3.8, 4) is 0 Å². The number of thiocarbonyl (C=S) groups is 1. The quantitative estimate of drug-likeness (QED) is 0.689. The van der Waals surface area contributed by atoms with Crippen LogP contribution in [0.25, 0.3) is 0 Å². The van der Waals surface area contributed by atoms with Crippen molar-refractivity contribution in [2.24, 2.45) is 0 Å². The van der Waals surface area contributed by atoms with Gasteiger partial charge in [0.05, 0.1) is 6.54 Å². The van der Waals surface area contributed by atoms with Gasteiger partial charge in [0.25, 0.3) is 0 Å². The molecule has 0 aromatic rings. The summed E-state index contributed by atoms with van der Waals surface area (Å²) in [5, 5.41) is 0. The summed E-state index contributed by atoms with van der Waals surface area (Å²) in [6.45, 7) is 6.79. The number of nitrogens with zero attached hydrogens (tertiary/aromatic N) is 1. The van der Waals surface area contributed by atoms with E-state index >= 15 is 0 Å².